The maximum atomic E-state index is 12.2. The zero-order valence-corrected chi connectivity index (χ0v) is 10.7. The average molecular weight is 253 g/mol. The first-order chi connectivity index (χ1) is 7.65. The monoisotopic (exact) mass is 253 g/mol. The summed E-state index contributed by atoms with van der Waals surface area (Å²) in [6.45, 7) is 5.87. The number of hydrogen-bond acceptors (Lipinski definition) is 4. The molecule has 0 unspecified atom stereocenters. The van der Waals surface area contributed by atoms with E-state index in [4.69, 9.17) is 5.14 Å². The Hall–Kier alpha value is 0.0900. The molecule has 1 spiro atoms. The van der Waals surface area contributed by atoms with Crippen molar-refractivity contribution in [1.82, 2.24) is 9.62 Å². The lowest BCUT2D eigenvalue weighted by molar-refractivity contribution is -0.0167. The summed E-state index contributed by atoms with van der Waals surface area (Å²) in [7, 11) is 0. The van der Waals surface area contributed by atoms with Gasteiger partial charge in [0.05, 0.1) is 6.54 Å². The minimum atomic E-state index is -2.29. The van der Waals surface area contributed by atoms with Crippen molar-refractivity contribution in [3.8, 4) is 0 Å². The van der Waals surface area contributed by atoms with Crippen LogP contribution < -0.4 is 10.5 Å². The Balaban J connectivity index is 0.000000606. The minimum absolute atomic E-state index is 0.213. The van der Waals surface area contributed by atoms with Crippen LogP contribution in [0.3, 0.4) is 0 Å². The molecule has 16 heavy (non-hydrogen) atoms. The highest BCUT2D eigenvalue weighted by molar-refractivity contribution is 7.94. The lowest BCUT2D eigenvalue weighted by Gasteiger charge is -2.56. The molecule has 0 aromatic rings. The second-order valence-corrected chi connectivity index (χ2v) is 4.94. The van der Waals surface area contributed by atoms with Gasteiger partial charge in [-0.05, 0) is 18.3 Å². The molecule has 0 radical (unpaired) electrons. The Labute approximate surface area is 100 Å². The summed E-state index contributed by atoms with van der Waals surface area (Å²) in [6, 6.07) is 0.251. The molecule has 2 aliphatic rings. The molecule has 96 valence electrons. The van der Waals surface area contributed by atoms with E-state index in [-0.39, 0.29) is 12.6 Å². The Bertz CT molecular complexity index is 204. The number of halogens is 2. The number of rotatable bonds is 4. The summed E-state index contributed by atoms with van der Waals surface area (Å²) >= 11 is 0.950. The largest absolute Gasteiger partial charge is 0.316 e. The molecule has 3 nitrogen and oxygen atoms in total. The van der Waals surface area contributed by atoms with Crippen molar-refractivity contribution in [1.29, 1.82) is 0 Å². The van der Waals surface area contributed by atoms with Crippen LogP contribution in [0.2, 0.25) is 0 Å². The molecule has 0 atom stereocenters. The highest BCUT2D eigenvalue weighted by Crippen LogP contribution is 2.47. The van der Waals surface area contributed by atoms with E-state index in [0.29, 0.717) is 5.41 Å². The van der Waals surface area contributed by atoms with Crippen LogP contribution >= 0.6 is 12.1 Å². The highest BCUT2D eigenvalue weighted by atomic mass is 32.2. The van der Waals surface area contributed by atoms with Crippen LogP contribution in [-0.2, 0) is 0 Å². The molecule has 0 aromatic carbocycles. The van der Waals surface area contributed by atoms with Crippen LogP contribution in [0, 0.1) is 5.41 Å². The molecule has 1 aliphatic carbocycles. The molecule has 1 aliphatic heterocycles. The first-order valence-corrected chi connectivity index (χ1v) is 6.61. The van der Waals surface area contributed by atoms with Crippen LogP contribution in [0.4, 0.5) is 8.78 Å². The Kier molecular flexibility index (Phi) is 5.43. The van der Waals surface area contributed by atoms with Crippen LogP contribution in [0.1, 0.15) is 26.7 Å². The summed E-state index contributed by atoms with van der Waals surface area (Å²) in [5, 5.41) is 8.59. The number of nitrogens with zero attached hydrogens (tertiary/aromatic N) is 1. The lowest BCUT2D eigenvalue weighted by atomic mass is 9.61. The lowest BCUT2D eigenvalue weighted by Crippen LogP contribution is -2.64. The summed E-state index contributed by atoms with van der Waals surface area (Å²) < 4.78 is 25.9. The van der Waals surface area contributed by atoms with Gasteiger partial charge < -0.3 is 5.32 Å². The topological polar surface area (TPSA) is 41.3 Å². The fourth-order valence-electron chi connectivity index (χ4n) is 2.32. The standard InChI is InChI=1S/C8H15F2N3S.C2H6/c9-7(10)3-13(14-11)6-1-8(2-6)4-12-5-8;1-2/h6-7,12H,1-5,11H2;1-2H3. The minimum Gasteiger partial charge on any atom is -0.316 e. The number of alkyl halides is 2. The van der Waals surface area contributed by atoms with Crippen molar-refractivity contribution in [3.63, 3.8) is 0 Å². The predicted octanol–water partition coefficient (Wildman–Crippen LogP) is 1.85. The van der Waals surface area contributed by atoms with Gasteiger partial charge in [0.25, 0.3) is 6.43 Å². The molecule has 2 rings (SSSR count). The first-order valence-electron chi connectivity index (χ1n) is 5.78. The van der Waals surface area contributed by atoms with E-state index in [1.54, 1.807) is 4.31 Å². The van der Waals surface area contributed by atoms with Crippen molar-refractivity contribution in [3.05, 3.63) is 0 Å². The van der Waals surface area contributed by atoms with Crippen molar-refractivity contribution in [2.75, 3.05) is 19.6 Å². The van der Waals surface area contributed by atoms with Crippen LogP contribution in [0.5, 0.6) is 0 Å². The number of nitrogens with one attached hydrogen (secondary N) is 1. The van der Waals surface area contributed by atoms with Crippen molar-refractivity contribution >= 4 is 12.1 Å². The Morgan fingerprint density at radius 2 is 2.00 bits per heavy atom. The second kappa shape index (κ2) is 6.14. The molecule has 1 saturated heterocycles. The first kappa shape index (κ1) is 14.2. The summed E-state index contributed by atoms with van der Waals surface area (Å²) in [5.41, 5.74) is 0.417. The van der Waals surface area contributed by atoms with E-state index in [2.05, 4.69) is 5.32 Å². The Morgan fingerprint density at radius 3 is 2.31 bits per heavy atom. The molecule has 6 heteroatoms. The average Bonchev–Trinajstić information content (AvgIpc) is 2.14. The van der Waals surface area contributed by atoms with Crippen molar-refractivity contribution < 1.29 is 8.78 Å². The van der Waals surface area contributed by atoms with E-state index in [0.717, 1.165) is 38.1 Å². The van der Waals surface area contributed by atoms with Crippen molar-refractivity contribution in [2.24, 2.45) is 10.6 Å². The third-order valence-corrected chi connectivity index (χ3v) is 3.92. The van der Waals surface area contributed by atoms with E-state index < -0.39 is 6.43 Å². The van der Waals surface area contributed by atoms with Gasteiger partial charge in [0.2, 0.25) is 0 Å². The van der Waals surface area contributed by atoms with Gasteiger partial charge in [-0.1, -0.05) is 13.8 Å². The van der Waals surface area contributed by atoms with Gasteiger partial charge in [-0.2, -0.15) is 0 Å². The molecule has 3 N–H and O–H groups in total. The Morgan fingerprint density at radius 1 is 1.44 bits per heavy atom. The molecule has 2 fully saturated rings. The fraction of sp³-hybridized carbons (Fsp3) is 1.00. The van der Waals surface area contributed by atoms with Crippen LogP contribution in [-0.4, -0.2) is 36.4 Å². The predicted molar refractivity (Wildman–Crippen MR) is 64.2 cm³/mol. The second-order valence-electron chi connectivity index (χ2n) is 4.26. The zero-order chi connectivity index (χ0) is 12.2. The summed E-state index contributed by atoms with van der Waals surface area (Å²) in [5.74, 6) is 0. The molecule has 1 saturated carbocycles. The van der Waals surface area contributed by atoms with E-state index in [1.807, 2.05) is 13.8 Å². The van der Waals surface area contributed by atoms with E-state index in [1.165, 1.54) is 0 Å². The third-order valence-electron chi connectivity index (χ3n) is 3.20. The van der Waals surface area contributed by atoms with Gasteiger partial charge in [-0.15, -0.1) is 0 Å². The SMILES string of the molecule is CC.NSN(CC(F)F)C1CC2(CNC2)C1. The maximum absolute atomic E-state index is 12.2. The summed E-state index contributed by atoms with van der Waals surface area (Å²) in [4.78, 5) is 0. The van der Waals surface area contributed by atoms with Crippen molar-refractivity contribution in [2.45, 2.75) is 39.2 Å². The van der Waals surface area contributed by atoms with E-state index in [9.17, 15) is 8.78 Å². The molecule has 0 amide bonds. The van der Waals surface area contributed by atoms with Gasteiger partial charge in [-0.3, -0.25) is 5.14 Å². The third kappa shape index (κ3) is 3.06. The molecular weight excluding hydrogens is 232 g/mol. The quantitative estimate of drug-likeness (QED) is 0.750. The van der Waals surface area contributed by atoms with Gasteiger partial charge in [0, 0.05) is 31.3 Å². The van der Waals surface area contributed by atoms with E-state index >= 15 is 0 Å². The molecule has 0 aromatic heterocycles. The number of hydrogen-bond donors (Lipinski definition) is 2. The number of nitrogens with two attached hydrogens (primary N) is 1. The normalized spacial score (nSPS) is 22.7. The van der Waals surface area contributed by atoms with Crippen LogP contribution in [0.25, 0.3) is 0 Å². The smallest absolute Gasteiger partial charge is 0.252 e. The highest BCUT2D eigenvalue weighted by Gasteiger charge is 2.50. The van der Waals surface area contributed by atoms with Gasteiger partial charge >= 0.3 is 0 Å². The molecule has 0 bridgehead atoms. The summed E-state index contributed by atoms with van der Waals surface area (Å²) in [6.07, 6.45) is -0.268. The van der Waals surface area contributed by atoms with Gasteiger partial charge in [-0.25, -0.2) is 13.1 Å². The van der Waals surface area contributed by atoms with Crippen LogP contribution in [0.15, 0.2) is 0 Å². The fourth-order valence-corrected chi connectivity index (χ4v) is 2.84. The molecular formula is C10H21F2N3S. The zero-order valence-electron chi connectivity index (χ0n) is 9.88. The van der Waals surface area contributed by atoms with Gasteiger partial charge in [0.15, 0.2) is 0 Å². The maximum Gasteiger partial charge on any atom is 0.252 e. The van der Waals surface area contributed by atoms with Gasteiger partial charge in [0.1, 0.15) is 0 Å². The molecule has 1 heterocycles.